The Bertz CT molecular complexity index is 1410. The van der Waals surface area contributed by atoms with Crippen LogP contribution >= 0.6 is 0 Å². The number of nitrogens with one attached hydrogen (secondary N) is 2. The van der Waals surface area contributed by atoms with Gasteiger partial charge in [-0.2, -0.15) is 0 Å². The van der Waals surface area contributed by atoms with Gasteiger partial charge in [0.05, 0.1) is 32.0 Å². The minimum Gasteiger partial charge on any atom is -0.394 e. The molecule has 26 nitrogen and oxygen atoms in total. The second kappa shape index (κ2) is 20.7. The molecule has 5 saturated heterocycles. The van der Waals surface area contributed by atoms with E-state index in [0.717, 1.165) is 13.8 Å². The van der Waals surface area contributed by atoms with E-state index in [2.05, 4.69) is 10.6 Å². The van der Waals surface area contributed by atoms with Crippen LogP contribution < -0.4 is 10.6 Å². The Kier molecular flexibility index (Phi) is 16.9. The fourth-order valence-electron chi connectivity index (χ4n) is 7.71. The Labute approximate surface area is 342 Å². The van der Waals surface area contributed by atoms with Gasteiger partial charge in [0, 0.05) is 13.8 Å². The summed E-state index contributed by atoms with van der Waals surface area (Å²) in [6, 6.07) is -3.34. The van der Waals surface area contributed by atoms with Gasteiger partial charge in [-0.3, -0.25) is 9.59 Å². The largest absolute Gasteiger partial charge is 0.394 e. The summed E-state index contributed by atoms with van der Waals surface area (Å²) in [4.78, 5) is 25.5. The van der Waals surface area contributed by atoms with E-state index in [-0.39, 0.29) is 0 Å². The van der Waals surface area contributed by atoms with E-state index in [1.54, 1.807) is 0 Å². The van der Waals surface area contributed by atoms with Crippen LogP contribution in [0.25, 0.3) is 0 Å². The van der Waals surface area contributed by atoms with E-state index in [4.69, 9.17) is 42.6 Å². The zero-order valence-electron chi connectivity index (χ0n) is 32.9. The summed E-state index contributed by atoms with van der Waals surface area (Å²) >= 11 is 0. The molecule has 25 atom stereocenters. The minimum absolute atomic E-state index is 0.775. The lowest BCUT2D eigenvalue weighted by Gasteiger charge is -2.52. The average Bonchev–Trinajstić information content (AvgIpc) is 3.20. The Morgan fingerprint density at radius 2 is 0.817 bits per heavy atom. The van der Waals surface area contributed by atoms with Crippen LogP contribution in [0.3, 0.4) is 0 Å². The lowest BCUT2D eigenvalue weighted by molar-refractivity contribution is -0.384. The Balaban J connectivity index is 1.56. The molecular formula is C34H58N2O24. The molecule has 2 amide bonds. The Morgan fingerprint density at radius 1 is 0.433 bits per heavy atom. The first kappa shape index (κ1) is 49.1. The molecule has 5 rings (SSSR count). The summed E-state index contributed by atoms with van der Waals surface area (Å²) in [5, 5.41) is 143. The molecule has 0 aromatic carbocycles. The van der Waals surface area contributed by atoms with Crippen molar-refractivity contribution < 1.29 is 119 Å². The highest BCUT2D eigenvalue weighted by Crippen LogP contribution is 2.37. The van der Waals surface area contributed by atoms with Crippen LogP contribution in [0.5, 0.6) is 0 Å². The molecule has 5 aliphatic heterocycles. The molecule has 348 valence electrons. The van der Waals surface area contributed by atoms with Crippen molar-refractivity contribution in [3.8, 4) is 0 Å². The van der Waals surface area contributed by atoms with E-state index in [1.807, 2.05) is 0 Å². The van der Waals surface area contributed by atoms with E-state index in [1.165, 1.54) is 13.8 Å². The van der Waals surface area contributed by atoms with E-state index < -0.39 is 185 Å². The van der Waals surface area contributed by atoms with Crippen molar-refractivity contribution in [1.82, 2.24) is 10.6 Å². The fourth-order valence-corrected chi connectivity index (χ4v) is 7.71. The molecule has 5 fully saturated rings. The molecule has 0 unspecified atom stereocenters. The van der Waals surface area contributed by atoms with Gasteiger partial charge in [0.25, 0.3) is 0 Å². The van der Waals surface area contributed by atoms with Crippen molar-refractivity contribution in [2.75, 3.05) is 19.8 Å². The smallest absolute Gasteiger partial charge is 0.217 e. The first-order chi connectivity index (χ1) is 28.2. The van der Waals surface area contributed by atoms with Crippen LogP contribution in [-0.2, 0) is 52.2 Å². The van der Waals surface area contributed by atoms with Gasteiger partial charge in [0.1, 0.15) is 110 Å². The number of carbonyl (C=O) groups excluding carboxylic acids is 2. The Morgan fingerprint density at radius 3 is 1.28 bits per heavy atom. The lowest BCUT2D eigenvalue weighted by Crippen LogP contribution is -2.72. The zero-order valence-corrected chi connectivity index (χ0v) is 32.9. The van der Waals surface area contributed by atoms with Gasteiger partial charge in [-0.15, -0.1) is 0 Å². The minimum atomic E-state index is -2.01. The van der Waals surface area contributed by atoms with Crippen molar-refractivity contribution in [3.63, 3.8) is 0 Å². The van der Waals surface area contributed by atoms with Gasteiger partial charge in [0.2, 0.25) is 11.8 Å². The molecule has 0 aromatic heterocycles. The highest BCUT2D eigenvalue weighted by Gasteiger charge is 2.58. The standard InChI is InChI=1S/C34H58N2O24/c1-8-17(42)21(46)23(48)33(52-8)58-27-15(35-10(3)40)31(55-13(6-38)19(27)44)57-26-14(7-39)56-32(60-29-20(45)12(5-37)54-30(51)25(29)50)16(36-11(4)41)28(26)59-34-24(49)22(47)18(43)9(2)53-34/h8-9,12-34,37-39,42-51H,5-7H2,1-4H3,(H,35,40)(H,36,41)/t8-,9-,12+,13+,14+,15+,16-,17+,18+,19-,20-,21+,22+,23-,24-,25+,26+,27+,28+,29-,30-,31-,32-,33-,34-/m0/s1. The van der Waals surface area contributed by atoms with E-state index in [0.29, 0.717) is 0 Å². The van der Waals surface area contributed by atoms with Gasteiger partial charge in [-0.1, -0.05) is 0 Å². The van der Waals surface area contributed by atoms with Crippen LogP contribution in [0.4, 0.5) is 0 Å². The molecule has 5 heterocycles. The molecule has 5 aliphatic rings. The van der Waals surface area contributed by atoms with Crippen molar-refractivity contribution in [2.45, 2.75) is 181 Å². The maximum Gasteiger partial charge on any atom is 0.217 e. The van der Waals surface area contributed by atoms with Gasteiger partial charge in [-0.05, 0) is 13.8 Å². The number of ether oxygens (including phenoxy) is 9. The number of carbonyl (C=O) groups is 2. The monoisotopic (exact) mass is 878 g/mol. The molecular weight excluding hydrogens is 820 g/mol. The van der Waals surface area contributed by atoms with E-state index in [9.17, 15) is 76.0 Å². The van der Waals surface area contributed by atoms with Gasteiger partial charge >= 0.3 is 0 Å². The van der Waals surface area contributed by atoms with Crippen LogP contribution in [0.2, 0.25) is 0 Å². The number of rotatable bonds is 13. The van der Waals surface area contributed by atoms with Crippen LogP contribution in [0.15, 0.2) is 0 Å². The third-order valence-corrected chi connectivity index (χ3v) is 11.0. The number of aliphatic hydroxyl groups excluding tert-OH is 13. The summed E-state index contributed by atoms with van der Waals surface area (Å²) < 4.78 is 52.5. The first-order valence-corrected chi connectivity index (χ1v) is 19.3. The SMILES string of the molecule is CC(=O)N[C@@H]1[C@H](O[C@@H]2[C@@H](O)[C@@H](O)O[C@H](CO)[C@@H]2O)O[C@H](CO)[C@@H](O[C@@H]2O[C@H](CO)[C@H](O)[C@H](O[C@@H]3O[C@@H](C)[C@@H](O)[C@@H](O)[C@@H]3O)[C@H]2NC(C)=O)[C@@H]1O[C@@H]1O[C@@H](C)[C@@H](O)[C@@H](O)[C@@H]1O. The van der Waals surface area contributed by atoms with Gasteiger partial charge < -0.3 is 120 Å². The number of hydrogen-bond donors (Lipinski definition) is 15. The molecule has 0 bridgehead atoms. The second-order valence-electron chi connectivity index (χ2n) is 15.4. The summed E-state index contributed by atoms with van der Waals surface area (Å²) in [6.07, 6.45) is -40.0. The molecule has 0 aliphatic carbocycles. The molecule has 60 heavy (non-hydrogen) atoms. The third kappa shape index (κ3) is 10.4. The molecule has 15 N–H and O–H groups in total. The highest BCUT2D eigenvalue weighted by atomic mass is 16.8. The van der Waals surface area contributed by atoms with Crippen molar-refractivity contribution in [2.24, 2.45) is 0 Å². The van der Waals surface area contributed by atoms with Crippen molar-refractivity contribution in [3.05, 3.63) is 0 Å². The maximum atomic E-state index is 12.8. The number of aliphatic hydroxyl groups is 13. The maximum absolute atomic E-state index is 12.8. The Hall–Kier alpha value is -1.94. The third-order valence-electron chi connectivity index (χ3n) is 11.0. The topological polar surface area (TPSA) is 404 Å². The van der Waals surface area contributed by atoms with Crippen LogP contribution in [0, 0.1) is 0 Å². The molecule has 26 heteroatoms. The first-order valence-electron chi connectivity index (χ1n) is 19.3. The predicted molar refractivity (Wildman–Crippen MR) is 187 cm³/mol. The predicted octanol–water partition coefficient (Wildman–Crippen LogP) is -9.58. The normalized spacial score (nSPS) is 50.2. The summed E-state index contributed by atoms with van der Waals surface area (Å²) in [5.74, 6) is -1.58. The molecule has 0 radical (unpaired) electrons. The van der Waals surface area contributed by atoms with Gasteiger partial charge in [-0.25, -0.2) is 0 Å². The fraction of sp³-hybridized carbons (Fsp3) is 0.941. The van der Waals surface area contributed by atoms with Crippen molar-refractivity contribution >= 4 is 11.8 Å². The average molecular weight is 879 g/mol. The molecule has 0 saturated carbocycles. The highest BCUT2D eigenvalue weighted by molar-refractivity contribution is 5.73. The van der Waals surface area contributed by atoms with Gasteiger partial charge in [0.15, 0.2) is 31.5 Å². The summed E-state index contributed by atoms with van der Waals surface area (Å²) in [5.41, 5.74) is 0. The van der Waals surface area contributed by atoms with Crippen LogP contribution in [-0.4, -0.2) is 251 Å². The van der Waals surface area contributed by atoms with Crippen molar-refractivity contribution in [1.29, 1.82) is 0 Å². The zero-order chi connectivity index (χ0) is 44.5. The van der Waals surface area contributed by atoms with Crippen LogP contribution in [0.1, 0.15) is 27.7 Å². The quantitative estimate of drug-likeness (QED) is 0.0817. The summed E-state index contributed by atoms with van der Waals surface area (Å²) in [7, 11) is 0. The second-order valence-corrected chi connectivity index (χ2v) is 15.4. The lowest BCUT2D eigenvalue weighted by atomic mass is 9.93. The van der Waals surface area contributed by atoms with E-state index >= 15 is 0 Å². The number of amides is 2. The molecule has 0 aromatic rings. The number of hydrogen-bond acceptors (Lipinski definition) is 24. The summed E-state index contributed by atoms with van der Waals surface area (Å²) in [6.45, 7) is 2.01. The molecule has 0 spiro atoms.